The third-order valence-corrected chi connectivity index (χ3v) is 5.57. The number of hydrogen-bond donors (Lipinski definition) is 2. The van der Waals surface area contributed by atoms with Crippen LogP contribution in [0, 0.1) is 0 Å². The van der Waals surface area contributed by atoms with Gasteiger partial charge in [-0.15, -0.1) is 0 Å². The molecule has 0 amide bonds. The van der Waals surface area contributed by atoms with Crippen LogP contribution >= 0.6 is 0 Å². The summed E-state index contributed by atoms with van der Waals surface area (Å²) >= 11 is 0. The minimum Gasteiger partial charge on any atom is -0.457 e. The summed E-state index contributed by atoms with van der Waals surface area (Å²) in [6, 6.07) is 15.1. The van der Waals surface area contributed by atoms with Crippen LogP contribution in [0.1, 0.15) is 35.2 Å². The van der Waals surface area contributed by atoms with Crippen molar-refractivity contribution in [1.82, 2.24) is 5.32 Å². The Morgan fingerprint density at radius 3 is 1.95 bits per heavy atom. The second-order valence-electron chi connectivity index (χ2n) is 8.27. The van der Waals surface area contributed by atoms with Crippen LogP contribution in [-0.2, 0) is 12.3 Å². The Bertz CT molecular complexity index is 1190. The van der Waals surface area contributed by atoms with E-state index in [4.69, 9.17) is 4.74 Å². The monoisotopic (exact) mass is 533 g/mol. The van der Waals surface area contributed by atoms with E-state index in [0.29, 0.717) is 17.9 Å². The van der Waals surface area contributed by atoms with E-state index >= 15 is 0 Å². The van der Waals surface area contributed by atoms with Gasteiger partial charge in [-0.05, 0) is 53.4 Å². The molecule has 2 atom stereocenters. The van der Waals surface area contributed by atoms with Gasteiger partial charge in [0.1, 0.15) is 11.5 Å². The molecule has 200 valence electrons. The SMILES string of the molecule is CCc1cccc(Oc2cccc(C(NC[C@@H](O)C(F)(F)F)c3cccc(C(F)(F)C(F)(F)F)c3)c2)c1. The molecule has 0 saturated carbocycles. The molecule has 0 saturated heterocycles. The summed E-state index contributed by atoms with van der Waals surface area (Å²) in [6.45, 7) is 0.902. The van der Waals surface area contributed by atoms with E-state index < -0.39 is 42.5 Å². The van der Waals surface area contributed by atoms with Gasteiger partial charge in [-0.3, -0.25) is 0 Å². The Kier molecular flexibility index (Phi) is 8.49. The highest BCUT2D eigenvalue weighted by Gasteiger charge is 2.58. The van der Waals surface area contributed by atoms with Crippen LogP contribution in [0.25, 0.3) is 0 Å². The molecule has 37 heavy (non-hydrogen) atoms. The molecule has 0 aliphatic heterocycles. The number of nitrogens with one attached hydrogen (secondary N) is 1. The summed E-state index contributed by atoms with van der Waals surface area (Å²) in [7, 11) is 0. The topological polar surface area (TPSA) is 41.5 Å². The van der Waals surface area contributed by atoms with E-state index in [9.17, 15) is 40.2 Å². The highest BCUT2D eigenvalue weighted by atomic mass is 19.4. The zero-order valence-corrected chi connectivity index (χ0v) is 19.4. The molecule has 0 bridgehead atoms. The number of alkyl halides is 8. The van der Waals surface area contributed by atoms with Gasteiger partial charge in [-0.1, -0.05) is 49.4 Å². The average Bonchev–Trinajstić information content (AvgIpc) is 2.83. The van der Waals surface area contributed by atoms with Crippen LogP contribution in [0.3, 0.4) is 0 Å². The number of aliphatic hydroxyl groups excluding tert-OH is 1. The highest BCUT2D eigenvalue weighted by molar-refractivity contribution is 5.41. The van der Waals surface area contributed by atoms with Gasteiger partial charge in [-0.25, -0.2) is 0 Å². The molecule has 0 heterocycles. The molecule has 3 aromatic rings. The lowest BCUT2D eigenvalue weighted by atomic mass is 9.95. The van der Waals surface area contributed by atoms with E-state index in [1.807, 2.05) is 13.0 Å². The van der Waals surface area contributed by atoms with E-state index in [2.05, 4.69) is 5.32 Å². The van der Waals surface area contributed by atoms with Crippen molar-refractivity contribution in [3.8, 4) is 11.5 Å². The maximum absolute atomic E-state index is 14.0. The third kappa shape index (κ3) is 6.98. The van der Waals surface area contributed by atoms with Crippen LogP contribution in [-0.4, -0.2) is 30.1 Å². The number of benzene rings is 3. The van der Waals surface area contributed by atoms with Gasteiger partial charge < -0.3 is 15.2 Å². The fourth-order valence-electron chi connectivity index (χ4n) is 3.57. The number of ether oxygens (including phenoxy) is 1. The van der Waals surface area contributed by atoms with Crippen molar-refractivity contribution in [2.24, 2.45) is 0 Å². The molecule has 0 aliphatic rings. The Morgan fingerprint density at radius 1 is 0.784 bits per heavy atom. The summed E-state index contributed by atoms with van der Waals surface area (Å²) in [5.74, 6) is -4.46. The van der Waals surface area contributed by atoms with E-state index in [1.165, 1.54) is 24.3 Å². The lowest BCUT2D eigenvalue weighted by Gasteiger charge is -2.25. The summed E-state index contributed by atoms with van der Waals surface area (Å²) in [4.78, 5) is 0. The molecule has 0 aliphatic carbocycles. The van der Waals surface area contributed by atoms with Crippen LogP contribution < -0.4 is 10.1 Å². The summed E-state index contributed by atoms with van der Waals surface area (Å²) in [6.07, 6.45) is -12.9. The fraction of sp³-hybridized carbons (Fsp3) is 0.308. The van der Waals surface area contributed by atoms with Crippen LogP contribution in [0.4, 0.5) is 35.1 Å². The Balaban J connectivity index is 2.00. The zero-order chi connectivity index (χ0) is 27.4. The van der Waals surface area contributed by atoms with E-state index in [1.54, 1.807) is 24.3 Å². The molecule has 3 rings (SSSR count). The Morgan fingerprint density at radius 2 is 1.35 bits per heavy atom. The van der Waals surface area contributed by atoms with Crippen LogP contribution in [0.2, 0.25) is 0 Å². The average molecular weight is 533 g/mol. The maximum atomic E-state index is 14.0. The minimum atomic E-state index is -5.87. The molecule has 3 nitrogen and oxygen atoms in total. The molecule has 3 aromatic carbocycles. The molecule has 2 N–H and O–H groups in total. The Hall–Kier alpha value is -3.18. The van der Waals surface area contributed by atoms with Crippen molar-refractivity contribution in [1.29, 1.82) is 0 Å². The number of rotatable bonds is 9. The lowest BCUT2D eigenvalue weighted by molar-refractivity contribution is -0.289. The molecule has 11 heteroatoms. The minimum absolute atomic E-state index is 0.166. The summed E-state index contributed by atoms with van der Waals surface area (Å²) in [5, 5.41) is 11.9. The second-order valence-corrected chi connectivity index (χ2v) is 8.27. The van der Waals surface area contributed by atoms with Crippen LogP contribution in [0.15, 0.2) is 72.8 Å². The van der Waals surface area contributed by atoms with Crippen molar-refractivity contribution in [2.75, 3.05) is 6.54 Å². The van der Waals surface area contributed by atoms with Crippen molar-refractivity contribution in [2.45, 2.75) is 43.8 Å². The third-order valence-electron chi connectivity index (χ3n) is 5.57. The van der Waals surface area contributed by atoms with Gasteiger partial charge in [0.25, 0.3) is 0 Å². The van der Waals surface area contributed by atoms with E-state index in [-0.39, 0.29) is 16.9 Å². The van der Waals surface area contributed by atoms with Gasteiger partial charge >= 0.3 is 18.3 Å². The predicted octanol–water partition coefficient (Wildman–Crippen LogP) is 7.30. The Labute approximate surface area is 207 Å². The maximum Gasteiger partial charge on any atom is 0.458 e. The van der Waals surface area contributed by atoms with E-state index in [0.717, 1.165) is 18.1 Å². The van der Waals surface area contributed by atoms with Gasteiger partial charge in [0.15, 0.2) is 6.10 Å². The summed E-state index contributed by atoms with van der Waals surface area (Å²) < 4.78 is 111. The largest absolute Gasteiger partial charge is 0.458 e. The molecular weight excluding hydrogens is 510 g/mol. The molecule has 0 radical (unpaired) electrons. The zero-order valence-electron chi connectivity index (χ0n) is 19.4. The first-order valence-corrected chi connectivity index (χ1v) is 11.1. The van der Waals surface area contributed by atoms with Crippen molar-refractivity contribution < 1.29 is 45.0 Å². The molecule has 1 unspecified atom stereocenters. The lowest BCUT2D eigenvalue weighted by Crippen LogP contribution is -2.40. The second kappa shape index (κ2) is 11.1. The predicted molar refractivity (Wildman–Crippen MR) is 121 cm³/mol. The van der Waals surface area contributed by atoms with Crippen molar-refractivity contribution in [3.05, 3.63) is 95.1 Å². The fourth-order valence-corrected chi connectivity index (χ4v) is 3.57. The standard InChI is InChI=1S/C26H23F8NO2/c1-2-16-6-3-10-20(12-16)37-21-11-5-8-18(14-21)23(35-15-22(36)25(29,30)31)17-7-4-9-19(13-17)24(27,28)26(32,33)34/h3-14,22-23,35-36H,2,15H2,1H3/t22-,23?/m1/s1. The summed E-state index contributed by atoms with van der Waals surface area (Å²) in [5.41, 5.74) is -0.340. The first kappa shape index (κ1) is 28.4. The number of aryl methyl sites for hydroxylation is 1. The van der Waals surface area contributed by atoms with Gasteiger partial charge in [0.2, 0.25) is 0 Å². The number of hydrogen-bond acceptors (Lipinski definition) is 3. The smallest absolute Gasteiger partial charge is 0.457 e. The van der Waals surface area contributed by atoms with Gasteiger partial charge in [0.05, 0.1) is 6.04 Å². The van der Waals surface area contributed by atoms with Crippen molar-refractivity contribution >= 4 is 0 Å². The molecule has 0 spiro atoms. The molecule has 0 fully saturated rings. The number of halogens is 8. The van der Waals surface area contributed by atoms with Gasteiger partial charge in [-0.2, -0.15) is 35.1 Å². The molecular formula is C26H23F8NO2. The quantitative estimate of drug-likeness (QED) is 0.284. The number of aliphatic hydroxyl groups is 1. The van der Waals surface area contributed by atoms with Crippen LogP contribution in [0.5, 0.6) is 11.5 Å². The molecule has 0 aromatic heterocycles. The van der Waals surface area contributed by atoms with Crippen molar-refractivity contribution in [3.63, 3.8) is 0 Å². The first-order chi connectivity index (χ1) is 17.2. The highest BCUT2D eigenvalue weighted by Crippen LogP contribution is 2.44. The first-order valence-electron chi connectivity index (χ1n) is 11.1. The van der Waals surface area contributed by atoms with Gasteiger partial charge in [0, 0.05) is 12.1 Å². The normalized spacial score (nSPS) is 14.3.